The van der Waals surface area contributed by atoms with Gasteiger partial charge in [-0.05, 0) is 68.8 Å². The topological polar surface area (TPSA) is 49.3 Å². The number of hydrogen-bond donors (Lipinski definition) is 0. The van der Waals surface area contributed by atoms with E-state index in [0.717, 1.165) is 34.4 Å². The minimum Gasteiger partial charge on any atom is -0.286 e. The third kappa shape index (κ3) is 3.96. The highest BCUT2D eigenvalue weighted by Gasteiger charge is 2.50. The summed E-state index contributed by atoms with van der Waals surface area (Å²) in [7, 11) is 0. The molecule has 5 nitrogen and oxygen atoms in total. The van der Waals surface area contributed by atoms with E-state index in [1.165, 1.54) is 44.1 Å². The van der Waals surface area contributed by atoms with E-state index < -0.39 is 12.6 Å². The van der Waals surface area contributed by atoms with Crippen molar-refractivity contribution in [3.8, 4) is 0 Å². The molecule has 1 heterocycles. The molecule has 2 aromatic carbocycles. The molecule has 4 bridgehead atoms. The third-order valence-electron chi connectivity index (χ3n) is 7.51. The van der Waals surface area contributed by atoms with Crippen LogP contribution in [0, 0.1) is 24.7 Å². The summed E-state index contributed by atoms with van der Waals surface area (Å²) in [5.41, 5.74) is 4.17. The lowest BCUT2D eigenvalue weighted by Crippen LogP contribution is -2.49. The normalized spacial score (nSPS) is 36.9. The molecule has 4 saturated carbocycles. The van der Waals surface area contributed by atoms with Gasteiger partial charge in [-0.25, -0.2) is 0 Å². The molecule has 0 unspecified atom stereocenters. The Morgan fingerprint density at radius 1 is 0.710 bits per heavy atom. The lowest BCUT2D eigenvalue weighted by Gasteiger charge is -2.54. The maximum Gasteiger partial charge on any atom is 0.249 e. The highest BCUT2D eigenvalue weighted by Crippen LogP contribution is 2.57. The van der Waals surface area contributed by atoms with Gasteiger partial charge in [0.05, 0.1) is 5.54 Å². The second-order valence-corrected chi connectivity index (χ2v) is 10.0. The summed E-state index contributed by atoms with van der Waals surface area (Å²) >= 11 is 0. The zero-order valence-electron chi connectivity index (χ0n) is 17.9. The van der Waals surface area contributed by atoms with Crippen molar-refractivity contribution in [1.29, 1.82) is 0 Å². The molecule has 0 N–H and O–H groups in total. The zero-order valence-corrected chi connectivity index (χ0v) is 17.9. The lowest BCUT2D eigenvalue weighted by atomic mass is 9.53. The molecule has 0 radical (unpaired) electrons. The summed E-state index contributed by atoms with van der Waals surface area (Å²) in [6.07, 6.45) is 8.86. The highest BCUT2D eigenvalue weighted by atomic mass is 17.4. The van der Waals surface area contributed by atoms with E-state index in [0.29, 0.717) is 0 Å². The van der Waals surface area contributed by atoms with Crippen LogP contribution in [0.2, 0.25) is 0 Å². The largest absolute Gasteiger partial charge is 0.286 e. The Kier molecular flexibility index (Phi) is 4.95. The summed E-state index contributed by atoms with van der Waals surface area (Å²) in [4.78, 5) is 26.9. The molecule has 2 aromatic rings. The summed E-state index contributed by atoms with van der Waals surface area (Å²) in [6.45, 7) is 2.03. The summed E-state index contributed by atoms with van der Waals surface area (Å²) < 4.78 is 0. The second-order valence-electron chi connectivity index (χ2n) is 10.0. The molecule has 1 aliphatic heterocycles. The predicted molar refractivity (Wildman–Crippen MR) is 116 cm³/mol. The Labute approximate surface area is 183 Å². The minimum absolute atomic E-state index is 0.204. The zero-order chi connectivity index (χ0) is 20.8. The van der Waals surface area contributed by atoms with Crippen LogP contribution in [0.25, 0.3) is 0 Å². The van der Waals surface area contributed by atoms with Gasteiger partial charge in [-0.15, -0.1) is 0 Å². The summed E-state index contributed by atoms with van der Waals surface area (Å²) in [6, 6.07) is 15.9. The van der Waals surface area contributed by atoms with Gasteiger partial charge in [0.15, 0.2) is 0 Å². The molecule has 4 aliphatic carbocycles. The Bertz CT molecular complexity index is 909. The van der Waals surface area contributed by atoms with Crippen molar-refractivity contribution in [2.75, 3.05) is 0 Å². The molecular formula is C26H29NO4. The van der Waals surface area contributed by atoms with Gasteiger partial charge in [0.2, 0.25) is 12.6 Å². The second kappa shape index (κ2) is 7.82. The van der Waals surface area contributed by atoms with Gasteiger partial charge in [0.1, 0.15) is 0 Å². The van der Waals surface area contributed by atoms with E-state index in [9.17, 15) is 0 Å². The Morgan fingerprint density at radius 2 is 1.16 bits per heavy atom. The summed E-state index contributed by atoms with van der Waals surface area (Å²) in [5, 5.41) is 0. The van der Waals surface area contributed by atoms with E-state index in [2.05, 4.69) is 18.3 Å². The number of aliphatic imine (C=N–C) groups is 1. The lowest BCUT2D eigenvalue weighted by molar-refractivity contribution is -0.600. The van der Waals surface area contributed by atoms with E-state index in [-0.39, 0.29) is 5.54 Å². The van der Waals surface area contributed by atoms with Gasteiger partial charge in [0, 0.05) is 17.3 Å². The van der Waals surface area contributed by atoms with Crippen LogP contribution in [0.3, 0.4) is 0 Å². The molecule has 162 valence electrons. The number of aryl methyl sites for hydroxylation is 1. The maximum atomic E-state index is 5.44. The molecule has 0 atom stereocenters. The molecule has 7 rings (SSSR count). The van der Waals surface area contributed by atoms with Crippen molar-refractivity contribution in [3.05, 3.63) is 70.8 Å². The fourth-order valence-corrected chi connectivity index (χ4v) is 6.35. The van der Waals surface area contributed by atoms with Crippen LogP contribution >= 0.6 is 0 Å². The first-order valence-corrected chi connectivity index (χ1v) is 11.5. The Hall–Kier alpha value is -2.05. The number of hydrogen-bond acceptors (Lipinski definition) is 5. The molecule has 0 aromatic heterocycles. The van der Waals surface area contributed by atoms with Gasteiger partial charge in [0.25, 0.3) is 0 Å². The van der Waals surface area contributed by atoms with E-state index >= 15 is 0 Å². The van der Waals surface area contributed by atoms with Crippen molar-refractivity contribution >= 4 is 6.21 Å². The van der Waals surface area contributed by atoms with Gasteiger partial charge in [-0.1, -0.05) is 54.1 Å². The standard InChI is InChI=1S/C26H29NO4/c1-17-2-6-22(7-3-17)24-28-30-25(31-29-24)23-8-4-18(5-9-23)16-27-26-13-19-10-20(14-26)12-21(11-19)15-26/h2-9,16,19-21,24-25H,10-15H2,1H3. The van der Waals surface area contributed by atoms with E-state index in [4.69, 9.17) is 24.5 Å². The van der Waals surface area contributed by atoms with Crippen molar-refractivity contribution < 1.29 is 19.6 Å². The Morgan fingerprint density at radius 3 is 1.65 bits per heavy atom. The average Bonchev–Trinajstić information content (AvgIpc) is 2.78. The van der Waals surface area contributed by atoms with Crippen LogP contribution in [0.1, 0.15) is 73.4 Å². The molecular weight excluding hydrogens is 390 g/mol. The first-order valence-electron chi connectivity index (χ1n) is 11.5. The van der Waals surface area contributed by atoms with Crippen LogP contribution < -0.4 is 0 Å². The molecule has 5 heteroatoms. The summed E-state index contributed by atoms with van der Waals surface area (Å²) in [5.74, 6) is 2.74. The van der Waals surface area contributed by atoms with Crippen LogP contribution in [0.4, 0.5) is 0 Å². The number of benzene rings is 2. The van der Waals surface area contributed by atoms with Crippen LogP contribution in [-0.2, 0) is 19.6 Å². The van der Waals surface area contributed by atoms with Gasteiger partial charge >= 0.3 is 0 Å². The highest BCUT2D eigenvalue weighted by molar-refractivity contribution is 5.80. The number of nitrogens with zero attached hydrogens (tertiary/aromatic N) is 1. The van der Waals surface area contributed by atoms with E-state index in [1.54, 1.807) is 0 Å². The van der Waals surface area contributed by atoms with Crippen molar-refractivity contribution in [2.45, 2.75) is 63.6 Å². The molecule has 1 saturated heterocycles. The molecule has 0 spiro atoms. The van der Waals surface area contributed by atoms with Crippen LogP contribution in [0.15, 0.2) is 53.5 Å². The SMILES string of the molecule is Cc1ccc(C2OOC(c3ccc(C=NC45CC6CC(CC(C6)C4)C5)cc3)OO2)cc1. The van der Waals surface area contributed by atoms with Crippen LogP contribution in [0.5, 0.6) is 0 Å². The minimum atomic E-state index is -0.712. The van der Waals surface area contributed by atoms with Crippen molar-refractivity contribution in [1.82, 2.24) is 0 Å². The van der Waals surface area contributed by atoms with Crippen LogP contribution in [-0.4, -0.2) is 11.8 Å². The molecule has 31 heavy (non-hydrogen) atoms. The number of rotatable bonds is 4. The first kappa shape index (κ1) is 19.6. The van der Waals surface area contributed by atoms with Crippen molar-refractivity contribution in [2.24, 2.45) is 22.7 Å². The van der Waals surface area contributed by atoms with Gasteiger partial charge in [-0.3, -0.25) is 4.99 Å². The maximum absolute atomic E-state index is 5.44. The smallest absolute Gasteiger partial charge is 0.249 e. The fraction of sp³-hybridized carbons (Fsp3) is 0.500. The fourth-order valence-electron chi connectivity index (χ4n) is 6.35. The first-order chi connectivity index (χ1) is 15.1. The molecule has 0 amide bonds. The monoisotopic (exact) mass is 419 g/mol. The predicted octanol–water partition coefficient (Wildman–Crippen LogP) is 5.99. The average molecular weight is 420 g/mol. The van der Waals surface area contributed by atoms with Crippen molar-refractivity contribution in [3.63, 3.8) is 0 Å². The quantitative estimate of drug-likeness (QED) is 0.451. The van der Waals surface area contributed by atoms with Gasteiger partial charge in [-0.2, -0.15) is 19.6 Å². The Balaban J connectivity index is 1.08. The molecule has 5 fully saturated rings. The van der Waals surface area contributed by atoms with Gasteiger partial charge < -0.3 is 0 Å². The third-order valence-corrected chi connectivity index (χ3v) is 7.51. The molecule has 5 aliphatic rings. The van der Waals surface area contributed by atoms with E-state index in [1.807, 2.05) is 43.3 Å².